The summed E-state index contributed by atoms with van der Waals surface area (Å²) in [5, 5.41) is 1.87. The monoisotopic (exact) mass is 201 g/mol. The van der Waals surface area contributed by atoms with Crippen molar-refractivity contribution in [2.75, 3.05) is 5.75 Å². The lowest BCUT2D eigenvalue weighted by Crippen LogP contribution is -2.29. The van der Waals surface area contributed by atoms with E-state index in [0.29, 0.717) is 0 Å². The first kappa shape index (κ1) is 11.9. The molecule has 4 nitrogen and oxygen atoms in total. The van der Waals surface area contributed by atoms with Crippen LogP contribution >= 0.6 is 11.8 Å². The third-order valence-electron chi connectivity index (χ3n) is 0.964. The van der Waals surface area contributed by atoms with Crippen molar-refractivity contribution in [3.63, 3.8) is 0 Å². The van der Waals surface area contributed by atoms with Crippen LogP contribution in [0.5, 0.6) is 0 Å². The standard InChI is InChI=1S/C8H11NO3S/c1-3-4-8(12)13-5-7(11)9-6(2)10/h3-4H,5H2,1-2H3,(H,9,10,11). The third kappa shape index (κ3) is 7.27. The molecule has 0 aliphatic heterocycles. The molecule has 0 saturated carbocycles. The average Bonchev–Trinajstić information content (AvgIpc) is 2.00. The maximum absolute atomic E-state index is 10.8. The molecule has 0 bridgehead atoms. The Labute approximate surface area is 80.8 Å². The Morgan fingerprint density at radius 3 is 2.46 bits per heavy atom. The van der Waals surface area contributed by atoms with Gasteiger partial charge in [0.25, 0.3) is 0 Å². The van der Waals surface area contributed by atoms with E-state index in [1.165, 1.54) is 13.0 Å². The highest BCUT2D eigenvalue weighted by atomic mass is 32.2. The fraction of sp³-hybridized carbons (Fsp3) is 0.375. The molecule has 0 saturated heterocycles. The molecule has 0 atom stereocenters. The van der Waals surface area contributed by atoms with Crippen molar-refractivity contribution < 1.29 is 14.4 Å². The molecule has 5 heteroatoms. The Hall–Kier alpha value is -1.10. The van der Waals surface area contributed by atoms with Gasteiger partial charge in [-0.05, 0) is 13.0 Å². The molecule has 0 aromatic carbocycles. The van der Waals surface area contributed by atoms with E-state index in [1.807, 2.05) is 0 Å². The van der Waals surface area contributed by atoms with Gasteiger partial charge in [0.05, 0.1) is 5.75 Å². The summed E-state index contributed by atoms with van der Waals surface area (Å²) in [6, 6.07) is 0. The Balaban J connectivity index is 3.70. The Bertz CT molecular complexity index is 248. The SMILES string of the molecule is CC=CC(=O)SCC(=O)NC(C)=O. The molecule has 0 radical (unpaired) electrons. The minimum absolute atomic E-state index is 0.0250. The fourth-order valence-electron chi connectivity index (χ4n) is 0.553. The summed E-state index contributed by atoms with van der Waals surface area (Å²) in [5.41, 5.74) is 0. The van der Waals surface area contributed by atoms with Gasteiger partial charge in [0.15, 0.2) is 0 Å². The summed E-state index contributed by atoms with van der Waals surface area (Å²) in [6.45, 7) is 2.96. The maximum atomic E-state index is 10.8. The number of nitrogens with one attached hydrogen (secondary N) is 1. The molecular weight excluding hydrogens is 190 g/mol. The zero-order chi connectivity index (χ0) is 10.3. The first-order valence-corrected chi connectivity index (χ1v) is 4.64. The molecule has 0 fully saturated rings. The predicted molar refractivity (Wildman–Crippen MR) is 51.1 cm³/mol. The van der Waals surface area contributed by atoms with Crippen molar-refractivity contribution in [2.45, 2.75) is 13.8 Å². The topological polar surface area (TPSA) is 63.2 Å². The number of allylic oxidation sites excluding steroid dienone is 1. The molecule has 72 valence electrons. The highest BCUT2D eigenvalue weighted by Gasteiger charge is 2.05. The van der Waals surface area contributed by atoms with Crippen molar-refractivity contribution in [1.29, 1.82) is 0 Å². The van der Waals surface area contributed by atoms with Crippen LogP contribution in [0.2, 0.25) is 0 Å². The van der Waals surface area contributed by atoms with Crippen LogP contribution in [-0.2, 0) is 14.4 Å². The predicted octanol–water partition coefficient (Wildman–Crippen LogP) is 0.485. The van der Waals surface area contributed by atoms with E-state index in [-0.39, 0.29) is 10.9 Å². The second-order valence-electron chi connectivity index (χ2n) is 2.21. The molecule has 0 aliphatic carbocycles. The van der Waals surface area contributed by atoms with Crippen LogP contribution in [-0.4, -0.2) is 22.7 Å². The molecule has 0 heterocycles. The van der Waals surface area contributed by atoms with E-state index >= 15 is 0 Å². The number of carbonyl (C=O) groups is 3. The summed E-state index contributed by atoms with van der Waals surface area (Å²) < 4.78 is 0. The largest absolute Gasteiger partial charge is 0.296 e. The van der Waals surface area contributed by atoms with Gasteiger partial charge < -0.3 is 0 Å². The highest BCUT2D eigenvalue weighted by Crippen LogP contribution is 2.01. The van der Waals surface area contributed by atoms with Gasteiger partial charge in [-0.3, -0.25) is 19.7 Å². The summed E-state index contributed by atoms with van der Waals surface area (Å²) in [4.78, 5) is 32.1. The van der Waals surface area contributed by atoms with Crippen LogP contribution in [0.3, 0.4) is 0 Å². The molecule has 0 spiro atoms. The minimum atomic E-state index is -0.449. The van der Waals surface area contributed by atoms with E-state index in [9.17, 15) is 14.4 Å². The number of amides is 2. The average molecular weight is 201 g/mol. The Morgan fingerprint density at radius 1 is 1.38 bits per heavy atom. The molecule has 2 amide bonds. The zero-order valence-corrected chi connectivity index (χ0v) is 8.31. The number of hydrogen-bond acceptors (Lipinski definition) is 4. The normalized spacial score (nSPS) is 10.0. The van der Waals surface area contributed by atoms with E-state index in [0.717, 1.165) is 11.8 Å². The van der Waals surface area contributed by atoms with Gasteiger partial charge in [-0.2, -0.15) is 0 Å². The second kappa shape index (κ2) is 6.42. The molecule has 0 unspecified atom stereocenters. The van der Waals surface area contributed by atoms with Crippen LogP contribution in [0, 0.1) is 0 Å². The quantitative estimate of drug-likeness (QED) is 0.675. The molecule has 1 N–H and O–H groups in total. The summed E-state index contributed by atoms with van der Waals surface area (Å²) >= 11 is 0.861. The van der Waals surface area contributed by atoms with Gasteiger partial charge >= 0.3 is 0 Å². The number of carbonyl (C=O) groups excluding carboxylic acids is 3. The molecular formula is C8H11NO3S. The van der Waals surface area contributed by atoms with Crippen LogP contribution in [0.4, 0.5) is 0 Å². The second-order valence-corrected chi connectivity index (χ2v) is 3.19. The van der Waals surface area contributed by atoms with Crippen molar-refractivity contribution in [2.24, 2.45) is 0 Å². The van der Waals surface area contributed by atoms with Gasteiger partial charge in [0.1, 0.15) is 0 Å². The molecule has 0 rings (SSSR count). The Kier molecular flexibility index (Phi) is 5.88. The van der Waals surface area contributed by atoms with Crippen molar-refractivity contribution in [3.05, 3.63) is 12.2 Å². The van der Waals surface area contributed by atoms with E-state index in [1.54, 1.807) is 13.0 Å². The van der Waals surface area contributed by atoms with Gasteiger partial charge in [-0.25, -0.2) is 0 Å². The van der Waals surface area contributed by atoms with Gasteiger partial charge in [-0.15, -0.1) is 0 Å². The lowest BCUT2D eigenvalue weighted by Gasteiger charge is -1.97. The van der Waals surface area contributed by atoms with Gasteiger partial charge in [0, 0.05) is 6.92 Å². The van der Waals surface area contributed by atoms with Crippen molar-refractivity contribution in [1.82, 2.24) is 5.32 Å². The highest BCUT2D eigenvalue weighted by molar-refractivity contribution is 8.14. The first-order valence-electron chi connectivity index (χ1n) is 3.66. The number of rotatable bonds is 3. The third-order valence-corrected chi connectivity index (χ3v) is 1.79. The smallest absolute Gasteiger partial charge is 0.237 e. The number of thioether (sulfide) groups is 1. The lowest BCUT2D eigenvalue weighted by molar-refractivity contribution is -0.127. The lowest BCUT2D eigenvalue weighted by atomic mass is 10.6. The van der Waals surface area contributed by atoms with Gasteiger partial charge in [-0.1, -0.05) is 17.8 Å². The van der Waals surface area contributed by atoms with Crippen molar-refractivity contribution >= 4 is 28.7 Å². The van der Waals surface area contributed by atoms with E-state index < -0.39 is 11.8 Å². The van der Waals surface area contributed by atoms with Crippen LogP contribution in [0.1, 0.15) is 13.8 Å². The van der Waals surface area contributed by atoms with Gasteiger partial charge in [0.2, 0.25) is 16.9 Å². The zero-order valence-electron chi connectivity index (χ0n) is 7.49. The van der Waals surface area contributed by atoms with Crippen LogP contribution in [0.25, 0.3) is 0 Å². The van der Waals surface area contributed by atoms with Crippen LogP contribution < -0.4 is 5.32 Å². The number of hydrogen-bond donors (Lipinski definition) is 1. The Morgan fingerprint density at radius 2 is 2.00 bits per heavy atom. The molecule has 0 aromatic rings. The maximum Gasteiger partial charge on any atom is 0.237 e. The molecule has 0 aromatic heterocycles. The summed E-state index contributed by atoms with van der Waals surface area (Å²) in [7, 11) is 0. The minimum Gasteiger partial charge on any atom is -0.296 e. The molecule has 0 aliphatic rings. The van der Waals surface area contributed by atoms with E-state index in [2.05, 4.69) is 5.32 Å². The summed E-state index contributed by atoms with van der Waals surface area (Å²) in [5.74, 6) is -0.887. The van der Waals surface area contributed by atoms with Crippen LogP contribution in [0.15, 0.2) is 12.2 Å². The molecule has 13 heavy (non-hydrogen) atoms. The first-order chi connectivity index (χ1) is 6.06. The fourth-order valence-corrected chi connectivity index (χ4v) is 1.13. The van der Waals surface area contributed by atoms with E-state index in [4.69, 9.17) is 0 Å². The number of imide groups is 1. The summed E-state index contributed by atoms with van der Waals surface area (Å²) in [6.07, 6.45) is 2.96. The van der Waals surface area contributed by atoms with Crippen molar-refractivity contribution in [3.8, 4) is 0 Å².